The first kappa shape index (κ1) is 19.5. The lowest BCUT2D eigenvalue weighted by atomic mass is 10.0. The highest BCUT2D eigenvalue weighted by Crippen LogP contribution is 2.36. The van der Waals surface area contributed by atoms with E-state index in [1.165, 1.54) is 12.1 Å². The van der Waals surface area contributed by atoms with Crippen molar-refractivity contribution < 1.29 is 13.2 Å². The number of nitrogens with one attached hydrogen (secondary N) is 2. The summed E-state index contributed by atoms with van der Waals surface area (Å²) in [6, 6.07) is 9.60. The largest absolute Gasteiger partial charge is 0.417 e. The first-order chi connectivity index (χ1) is 11.6. The molecule has 0 saturated heterocycles. The normalized spacial score (nSPS) is 12.6. The van der Waals surface area contributed by atoms with Crippen molar-refractivity contribution in [2.45, 2.75) is 33.0 Å². The summed E-state index contributed by atoms with van der Waals surface area (Å²) < 4.78 is 38.8. The number of hydrogen-bond acceptors (Lipinski definition) is 1. The summed E-state index contributed by atoms with van der Waals surface area (Å²) in [6.45, 7) is 5.94. The predicted molar refractivity (Wildman–Crippen MR) is 100 cm³/mol. The molecule has 0 fully saturated rings. The van der Waals surface area contributed by atoms with E-state index in [9.17, 15) is 13.2 Å². The zero-order valence-electron chi connectivity index (χ0n) is 14.0. The monoisotopic (exact) mass is 386 g/mol. The van der Waals surface area contributed by atoms with E-state index in [0.717, 1.165) is 22.8 Å². The van der Waals surface area contributed by atoms with Gasteiger partial charge in [0.25, 0.3) is 0 Å². The Labute approximate surface area is 155 Å². The first-order valence-corrected chi connectivity index (χ1v) is 8.38. The van der Waals surface area contributed by atoms with Gasteiger partial charge in [-0.15, -0.1) is 0 Å². The third-order valence-electron chi connectivity index (χ3n) is 3.78. The first-order valence-electron chi connectivity index (χ1n) is 7.59. The smallest absolute Gasteiger partial charge is 0.356 e. The molecular formula is C18H18ClF3N2S. The molecule has 0 saturated carbocycles. The molecule has 0 radical (unpaired) electrons. The van der Waals surface area contributed by atoms with Crippen LogP contribution in [0.25, 0.3) is 0 Å². The molecule has 0 aliphatic heterocycles. The maximum atomic E-state index is 12.9. The summed E-state index contributed by atoms with van der Waals surface area (Å²) in [6.07, 6.45) is -4.52. The topological polar surface area (TPSA) is 24.1 Å². The van der Waals surface area contributed by atoms with Gasteiger partial charge in [0.2, 0.25) is 0 Å². The van der Waals surface area contributed by atoms with Crippen LogP contribution >= 0.6 is 23.8 Å². The van der Waals surface area contributed by atoms with Gasteiger partial charge in [-0.3, -0.25) is 0 Å². The number of thiocarbonyl (C=S) groups is 1. The number of rotatable bonds is 3. The minimum absolute atomic E-state index is 0.0886. The van der Waals surface area contributed by atoms with Gasteiger partial charge in [0.05, 0.1) is 16.6 Å². The molecule has 0 bridgehead atoms. The zero-order chi connectivity index (χ0) is 18.8. The number of hydrogen-bond donors (Lipinski definition) is 2. The molecule has 0 unspecified atom stereocenters. The minimum Gasteiger partial charge on any atom is -0.356 e. The highest BCUT2D eigenvalue weighted by atomic mass is 35.5. The van der Waals surface area contributed by atoms with Gasteiger partial charge < -0.3 is 10.6 Å². The number of benzene rings is 2. The summed E-state index contributed by atoms with van der Waals surface area (Å²) in [5.41, 5.74) is 2.64. The lowest BCUT2D eigenvalue weighted by Gasteiger charge is -2.20. The van der Waals surface area contributed by atoms with Gasteiger partial charge >= 0.3 is 6.18 Å². The molecule has 134 valence electrons. The van der Waals surface area contributed by atoms with Gasteiger partial charge in [-0.2, -0.15) is 13.2 Å². The zero-order valence-corrected chi connectivity index (χ0v) is 15.5. The fourth-order valence-electron chi connectivity index (χ4n) is 2.49. The van der Waals surface area contributed by atoms with Gasteiger partial charge in [-0.1, -0.05) is 35.4 Å². The van der Waals surface area contributed by atoms with Crippen LogP contribution in [0.1, 0.15) is 35.2 Å². The van der Waals surface area contributed by atoms with Crippen molar-refractivity contribution in [3.05, 3.63) is 63.7 Å². The third-order valence-corrected chi connectivity index (χ3v) is 4.33. The SMILES string of the molecule is Cc1ccc(C)c([C@H](C)NC(=S)Nc2ccc(Cl)c(C(F)(F)F)c2)c1. The van der Waals surface area contributed by atoms with E-state index >= 15 is 0 Å². The molecule has 2 aromatic rings. The maximum Gasteiger partial charge on any atom is 0.417 e. The Morgan fingerprint density at radius 3 is 2.44 bits per heavy atom. The van der Waals surface area contributed by atoms with Gasteiger partial charge in [0.1, 0.15) is 0 Å². The molecule has 0 aliphatic rings. The van der Waals surface area contributed by atoms with Crippen molar-refractivity contribution in [1.29, 1.82) is 0 Å². The van der Waals surface area contributed by atoms with Gasteiger partial charge in [-0.05, 0) is 62.3 Å². The second-order valence-electron chi connectivity index (χ2n) is 5.87. The van der Waals surface area contributed by atoms with Crippen molar-refractivity contribution in [3.63, 3.8) is 0 Å². The molecular weight excluding hydrogens is 369 g/mol. The second kappa shape index (κ2) is 7.62. The molecule has 0 amide bonds. The summed E-state index contributed by atoms with van der Waals surface area (Å²) in [7, 11) is 0. The predicted octanol–water partition coefficient (Wildman–Crippen LogP) is 6.02. The molecule has 0 spiro atoms. The van der Waals surface area contributed by atoms with Crippen LogP contribution in [0.4, 0.5) is 18.9 Å². The van der Waals surface area contributed by atoms with E-state index in [-0.39, 0.29) is 21.9 Å². The van der Waals surface area contributed by atoms with Crippen molar-refractivity contribution in [2.24, 2.45) is 0 Å². The molecule has 2 aromatic carbocycles. The van der Waals surface area contributed by atoms with Gasteiger partial charge in [0, 0.05) is 5.69 Å². The lowest BCUT2D eigenvalue weighted by Crippen LogP contribution is -2.31. The molecule has 0 aromatic heterocycles. The number of halogens is 4. The fourth-order valence-corrected chi connectivity index (χ4v) is 3.01. The Morgan fingerprint density at radius 1 is 1.12 bits per heavy atom. The average Bonchev–Trinajstić information content (AvgIpc) is 2.50. The van der Waals surface area contributed by atoms with Gasteiger partial charge in [0.15, 0.2) is 5.11 Å². The minimum atomic E-state index is -4.52. The summed E-state index contributed by atoms with van der Waals surface area (Å²) >= 11 is 10.8. The highest BCUT2D eigenvalue weighted by Gasteiger charge is 2.33. The average molecular weight is 387 g/mol. The number of alkyl halides is 3. The Hall–Kier alpha value is -1.79. The molecule has 2 N–H and O–H groups in total. The Morgan fingerprint density at radius 2 is 1.80 bits per heavy atom. The molecule has 25 heavy (non-hydrogen) atoms. The third kappa shape index (κ3) is 5.09. The van der Waals surface area contributed by atoms with Crippen molar-refractivity contribution >= 4 is 34.6 Å². The Kier molecular flexibility index (Phi) is 5.95. The fraction of sp³-hybridized carbons (Fsp3) is 0.278. The van der Waals surface area contributed by atoms with E-state index in [2.05, 4.69) is 16.7 Å². The molecule has 7 heteroatoms. The number of aryl methyl sites for hydroxylation is 2. The van der Waals surface area contributed by atoms with Crippen LogP contribution in [-0.2, 0) is 6.18 Å². The standard InChI is InChI=1S/C18H18ClF3N2S/c1-10-4-5-11(2)14(8-10)12(3)23-17(25)24-13-6-7-16(19)15(9-13)18(20,21)22/h4-9,12H,1-3H3,(H2,23,24,25)/t12-/m0/s1. The van der Waals surface area contributed by atoms with E-state index < -0.39 is 11.7 Å². The van der Waals surface area contributed by atoms with Crippen LogP contribution < -0.4 is 10.6 Å². The van der Waals surface area contributed by atoms with Gasteiger partial charge in [-0.25, -0.2) is 0 Å². The van der Waals surface area contributed by atoms with Crippen LogP contribution in [0.15, 0.2) is 36.4 Å². The van der Waals surface area contributed by atoms with Crippen LogP contribution in [0.3, 0.4) is 0 Å². The van der Waals surface area contributed by atoms with Crippen molar-refractivity contribution in [1.82, 2.24) is 5.32 Å². The maximum absolute atomic E-state index is 12.9. The second-order valence-corrected chi connectivity index (χ2v) is 6.69. The Bertz CT molecular complexity index is 790. The van der Waals surface area contributed by atoms with Crippen molar-refractivity contribution in [2.75, 3.05) is 5.32 Å². The van der Waals surface area contributed by atoms with E-state index in [4.69, 9.17) is 23.8 Å². The van der Waals surface area contributed by atoms with Crippen LogP contribution in [0, 0.1) is 13.8 Å². The lowest BCUT2D eigenvalue weighted by molar-refractivity contribution is -0.137. The Balaban J connectivity index is 2.11. The number of anilines is 1. The summed E-state index contributed by atoms with van der Waals surface area (Å²) in [5.74, 6) is 0. The van der Waals surface area contributed by atoms with E-state index in [0.29, 0.717) is 0 Å². The summed E-state index contributed by atoms with van der Waals surface area (Å²) in [5, 5.41) is 5.76. The van der Waals surface area contributed by atoms with E-state index in [1.54, 1.807) is 0 Å². The molecule has 0 heterocycles. The van der Waals surface area contributed by atoms with Crippen molar-refractivity contribution in [3.8, 4) is 0 Å². The van der Waals surface area contributed by atoms with E-state index in [1.807, 2.05) is 32.9 Å². The molecule has 0 aliphatic carbocycles. The van der Waals surface area contributed by atoms with Crippen LogP contribution in [-0.4, -0.2) is 5.11 Å². The molecule has 2 rings (SSSR count). The van der Waals surface area contributed by atoms with Crippen LogP contribution in [0.2, 0.25) is 5.02 Å². The quantitative estimate of drug-likeness (QED) is 0.630. The molecule has 2 nitrogen and oxygen atoms in total. The van der Waals surface area contributed by atoms with Crippen LogP contribution in [0.5, 0.6) is 0 Å². The molecule has 1 atom stereocenters. The summed E-state index contributed by atoms with van der Waals surface area (Å²) in [4.78, 5) is 0. The highest BCUT2D eigenvalue weighted by molar-refractivity contribution is 7.80.